The average Bonchev–Trinajstić information content (AvgIpc) is 3.06. The summed E-state index contributed by atoms with van der Waals surface area (Å²) < 4.78 is 10.7. The van der Waals surface area contributed by atoms with Gasteiger partial charge in [0.05, 0.1) is 20.3 Å². The lowest BCUT2D eigenvalue weighted by atomic mass is 10.0. The number of hydrogen-bond donors (Lipinski definition) is 1. The van der Waals surface area contributed by atoms with Crippen LogP contribution >= 0.6 is 0 Å². The van der Waals surface area contributed by atoms with Crippen molar-refractivity contribution in [1.29, 1.82) is 0 Å². The van der Waals surface area contributed by atoms with Gasteiger partial charge in [-0.3, -0.25) is 9.69 Å². The SMILES string of the molecule is CCC(NC(=O)c1ccc(CN2CCCCCC2)cc1)c1ccc(OC)c(OC)c1. The molecule has 1 unspecified atom stereocenters. The normalized spacial score (nSPS) is 15.8. The average molecular weight is 411 g/mol. The number of nitrogens with zero attached hydrogens (tertiary/aromatic N) is 1. The van der Waals surface area contributed by atoms with Crippen LogP contribution in [0.5, 0.6) is 11.5 Å². The Balaban J connectivity index is 1.64. The van der Waals surface area contributed by atoms with Crippen LogP contribution in [0.3, 0.4) is 0 Å². The topological polar surface area (TPSA) is 50.8 Å². The fourth-order valence-corrected chi connectivity index (χ4v) is 4.05. The number of carbonyl (C=O) groups excluding carboxylic acids is 1. The maximum atomic E-state index is 12.8. The molecule has 0 aliphatic carbocycles. The van der Waals surface area contributed by atoms with Crippen molar-refractivity contribution in [3.8, 4) is 11.5 Å². The molecule has 1 fully saturated rings. The highest BCUT2D eigenvalue weighted by Gasteiger charge is 2.17. The van der Waals surface area contributed by atoms with E-state index in [1.807, 2.05) is 30.3 Å². The highest BCUT2D eigenvalue weighted by molar-refractivity contribution is 5.94. The van der Waals surface area contributed by atoms with Gasteiger partial charge in [0.15, 0.2) is 11.5 Å². The molecule has 1 saturated heterocycles. The molecule has 1 N–H and O–H groups in total. The van der Waals surface area contributed by atoms with Crippen LogP contribution in [0.1, 0.15) is 66.6 Å². The quantitative estimate of drug-likeness (QED) is 0.668. The van der Waals surface area contributed by atoms with Crippen molar-refractivity contribution >= 4 is 5.91 Å². The smallest absolute Gasteiger partial charge is 0.251 e. The van der Waals surface area contributed by atoms with Crippen molar-refractivity contribution < 1.29 is 14.3 Å². The Hall–Kier alpha value is -2.53. The third kappa shape index (κ3) is 5.76. The molecule has 1 atom stereocenters. The molecule has 162 valence electrons. The molecule has 1 amide bonds. The van der Waals surface area contributed by atoms with Crippen molar-refractivity contribution in [2.24, 2.45) is 0 Å². The summed E-state index contributed by atoms with van der Waals surface area (Å²) in [5.74, 6) is 1.29. The molecule has 2 aromatic rings. The standard InChI is InChI=1S/C25H34N2O3/c1-4-22(21-13-14-23(29-2)24(17-21)30-3)26-25(28)20-11-9-19(10-12-20)18-27-15-7-5-6-8-16-27/h9-14,17,22H,4-8,15-16,18H2,1-3H3,(H,26,28). The van der Waals surface area contributed by atoms with E-state index in [1.54, 1.807) is 14.2 Å². The van der Waals surface area contributed by atoms with E-state index in [-0.39, 0.29) is 11.9 Å². The third-order valence-corrected chi connectivity index (χ3v) is 5.84. The van der Waals surface area contributed by atoms with Gasteiger partial charge in [0.2, 0.25) is 0 Å². The number of likely N-dealkylation sites (tertiary alicyclic amines) is 1. The Bertz CT molecular complexity index is 812. The minimum atomic E-state index is -0.0888. The monoisotopic (exact) mass is 410 g/mol. The summed E-state index contributed by atoms with van der Waals surface area (Å²) in [6, 6.07) is 13.7. The van der Waals surface area contributed by atoms with Gasteiger partial charge in [-0.1, -0.05) is 38.0 Å². The van der Waals surface area contributed by atoms with E-state index in [0.717, 1.165) is 18.5 Å². The summed E-state index contributed by atoms with van der Waals surface area (Å²) in [6.45, 7) is 5.37. The van der Waals surface area contributed by atoms with Crippen LogP contribution < -0.4 is 14.8 Å². The Morgan fingerprint density at radius 1 is 0.967 bits per heavy atom. The van der Waals surface area contributed by atoms with Crippen molar-refractivity contribution in [1.82, 2.24) is 10.2 Å². The second kappa shape index (κ2) is 11.0. The van der Waals surface area contributed by atoms with Crippen LogP contribution in [0.2, 0.25) is 0 Å². The van der Waals surface area contributed by atoms with Crippen molar-refractivity contribution in [2.75, 3.05) is 27.3 Å². The molecular formula is C25H34N2O3. The van der Waals surface area contributed by atoms with E-state index in [2.05, 4.69) is 29.3 Å². The number of amides is 1. The van der Waals surface area contributed by atoms with Crippen LogP contribution in [-0.2, 0) is 6.54 Å². The minimum Gasteiger partial charge on any atom is -0.493 e. The number of carbonyl (C=O) groups is 1. The first-order chi connectivity index (χ1) is 14.6. The third-order valence-electron chi connectivity index (χ3n) is 5.84. The molecule has 2 aromatic carbocycles. The van der Waals surface area contributed by atoms with E-state index in [4.69, 9.17) is 9.47 Å². The van der Waals surface area contributed by atoms with Gasteiger partial charge < -0.3 is 14.8 Å². The lowest BCUT2D eigenvalue weighted by Gasteiger charge is -2.20. The van der Waals surface area contributed by atoms with Gasteiger partial charge in [0.25, 0.3) is 5.91 Å². The molecule has 5 heteroatoms. The molecule has 0 saturated carbocycles. The number of benzene rings is 2. The van der Waals surface area contributed by atoms with Gasteiger partial charge in [-0.15, -0.1) is 0 Å². The molecular weight excluding hydrogens is 376 g/mol. The Labute approximate surface area is 180 Å². The lowest BCUT2D eigenvalue weighted by Crippen LogP contribution is -2.28. The zero-order valence-electron chi connectivity index (χ0n) is 18.4. The van der Waals surface area contributed by atoms with Crippen LogP contribution in [-0.4, -0.2) is 38.1 Å². The Morgan fingerprint density at radius 3 is 2.23 bits per heavy atom. The number of rotatable bonds is 8. The molecule has 1 aliphatic rings. The first-order valence-electron chi connectivity index (χ1n) is 11.0. The first kappa shape index (κ1) is 22.2. The second-order valence-corrected chi connectivity index (χ2v) is 7.94. The van der Waals surface area contributed by atoms with Crippen molar-refractivity contribution in [2.45, 2.75) is 51.6 Å². The number of ether oxygens (including phenoxy) is 2. The van der Waals surface area contributed by atoms with Gasteiger partial charge in [-0.25, -0.2) is 0 Å². The summed E-state index contributed by atoms with van der Waals surface area (Å²) in [5.41, 5.74) is 2.95. The van der Waals surface area contributed by atoms with Gasteiger partial charge >= 0.3 is 0 Å². The van der Waals surface area contributed by atoms with E-state index < -0.39 is 0 Å². The highest BCUT2D eigenvalue weighted by Crippen LogP contribution is 2.31. The summed E-state index contributed by atoms with van der Waals surface area (Å²) in [7, 11) is 3.24. The van der Waals surface area contributed by atoms with Crippen LogP contribution in [0.15, 0.2) is 42.5 Å². The van der Waals surface area contributed by atoms with E-state index in [9.17, 15) is 4.79 Å². The van der Waals surface area contributed by atoms with Crippen molar-refractivity contribution in [3.05, 3.63) is 59.2 Å². The summed E-state index contributed by atoms with van der Waals surface area (Å²) in [5, 5.41) is 3.15. The molecule has 0 spiro atoms. The van der Waals surface area contributed by atoms with Gasteiger partial charge in [-0.05, 0) is 67.7 Å². The van der Waals surface area contributed by atoms with E-state index in [0.29, 0.717) is 17.1 Å². The molecule has 0 aromatic heterocycles. The van der Waals surface area contributed by atoms with Gasteiger partial charge in [-0.2, -0.15) is 0 Å². The van der Waals surface area contributed by atoms with Crippen LogP contribution in [0.25, 0.3) is 0 Å². The largest absolute Gasteiger partial charge is 0.493 e. The van der Waals surface area contributed by atoms with Crippen LogP contribution in [0.4, 0.5) is 0 Å². The maximum Gasteiger partial charge on any atom is 0.251 e. The maximum absolute atomic E-state index is 12.8. The van der Waals surface area contributed by atoms with Gasteiger partial charge in [0, 0.05) is 12.1 Å². The predicted molar refractivity (Wildman–Crippen MR) is 120 cm³/mol. The highest BCUT2D eigenvalue weighted by atomic mass is 16.5. The number of methoxy groups -OCH3 is 2. The molecule has 5 nitrogen and oxygen atoms in total. The molecule has 0 bridgehead atoms. The fraction of sp³-hybridized carbons (Fsp3) is 0.480. The lowest BCUT2D eigenvalue weighted by molar-refractivity contribution is 0.0935. The Morgan fingerprint density at radius 2 is 1.63 bits per heavy atom. The molecule has 1 aliphatic heterocycles. The number of hydrogen-bond acceptors (Lipinski definition) is 4. The van der Waals surface area contributed by atoms with E-state index >= 15 is 0 Å². The summed E-state index contributed by atoms with van der Waals surface area (Å²) in [4.78, 5) is 15.4. The van der Waals surface area contributed by atoms with Crippen molar-refractivity contribution in [3.63, 3.8) is 0 Å². The molecule has 3 rings (SSSR count). The summed E-state index contributed by atoms with van der Waals surface area (Å²) in [6.07, 6.45) is 6.04. The first-order valence-corrected chi connectivity index (χ1v) is 11.0. The molecule has 0 radical (unpaired) electrons. The second-order valence-electron chi connectivity index (χ2n) is 7.94. The zero-order chi connectivity index (χ0) is 21.3. The van der Waals surface area contributed by atoms with Gasteiger partial charge in [0.1, 0.15) is 0 Å². The van der Waals surface area contributed by atoms with Crippen LogP contribution in [0, 0.1) is 0 Å². The molecule has 1 heterocycles. The Kier molecular flexibility index (Phi) is 8.14. The summed E-state index contributed by atoms with van der Waals surface area (Å²) >= 11 is 0. The van der Waals surface area contributed by atoms with E-state index in [1.165, 1.54) is 44.3 Å². The fourth-order valence-electron chi connectivity index (χ4n) is 4.05. The minimum absolute atomic E-state index is 0.0574. The molecule has 30 heavy (non-hydrogen) atoms. The number of nitrogens with one attached hydrogen (secondary N) is 1. The predicted octanol–water partition coefficient (Wildman–Crippen LogP) is 4.96. The zero-order valence-corrected chi connectivity index (χ0v) is 18.4.